The maximum absolute atomic E-state index is 11.6. The van der Waals surface area contributed by atoms with E-state index in [2.05, 4.69) is 5.10 Å². The van der Waals surface area contributed by atoms with Gasteiger partial charge in [0.15, 0.2) is 0 Å². The Morgan fingerprint density at radius 1 is 1.62 bits per heavy atom. The smallest absolute Gasteiger partial charge is 0.340 e. The van der Waals surface area contributed by atoms with Crippen LogP contribution in [0.15, 0.2) is 18.5 Å². The Bertz CT molecular complexity index is 548. The van der Waals surface area contributed by atoms with Gasteiger partial charge >= 0.3 is 5.97 Å². The van der Waals surface area contributed by atoms with Crippen LogP contribution in [0.2, 0.25) is 5.02 Å². The van der Waals surface area contributed by atoms with E-state index >= 15 is 0 Å². The van der Waals surface area contributed by atoms with E-state index in [4.69, 9.17) is 16.3 Å². The van der Waals surface area contributed by atoms with Crippen LogP contribution in [0, 0.1) is 6.92 Å². The number of hydrogen-bond acceptors (Lipinski definition) is 3. The van der Waals surface area contributed by atoms with Gasteiger partial charge in [0.1, 0.15) is 0 Å². The second kappa shape index (κ2) is 4.14. The Balaban J connectivity index is 2.61. The van der Waals surface area contributed by atoms with Crippen molar-refractivity contribution in [2.24, 2.45) is 0 Å². The molecule has 0 bridgehead atoms. The highest BCUT2D eigenvalue weighted by Crippen LogP contribution is 2.24. The van der Waals surface area contributed by atoms with Crippen molar-refractivity contribution in [2.45, 2.75) is 13.8 Å². The molecule has 0 atom stereocenters. The van der Waals surface area contributed by atoms with Crippen molar-refractivity contribution in [3.8, 4) is 0 Å². The number of aryl methyl sites for hydroxylation is 1. The summed E-state index contributed by atoms with van der Waals surface area (Å²) in [4.78, 5) is 11.6. The minimum atomic E-state index is -0.346. The zero-order chi connectivity index (χ0) is 11.7. The molecule has 0 saturated heterocycles. The van der Waals surface area contributed by atoms with E-state index in [1.807, 2.05) is 6.92 Å². The Hall–Kier alpha value is -1.55. The Morgan fingerprint density at radius 2 is 2.38 bits per heavy atom. The molecule has 0 aliphatic heterocycles. The maximum atomic E-state index is 11.6. The molecule has 0 aromatic carbocycles. The van der Waals surface area contributed by atoms with Crippen LogP contribution in [0.3, 0.4) is 0 Å². The summed E-state index contributed by atoms with van der Waals surface area (Å²) < 4.78 is 6.54. The molecule has 2 rings (SSSR count). The van der Waals surface area contributed by atoms with Gasteiger partial charge in [0.25, 0.3) is 0 Å². The second-order valence-corrected chi connectivity index (χ2v) is 3.77. The van der Waals surface area contributed by atoms with E-state index in [9.17, 15) is 4.79 Å². The van der Waals surface area contributed by atoms with Crippen molar-refractivity contribution in [3.05, 3.63) is 34.6 Å². The summed E-state index contributed by atoms with van der Waals surface area (Å²) in [7, 11) is 0. The molecule has 2 aromatic heterocycles. The SMILES string of the molecule is CCOC(=O)c1cn2nccc(Cl)c2c1C. The minimum Gasteiger partial charge on any atom is -0.462 e. The number of hydrogen-bond donors (Lipinski definition) is 0. The van der Waals surface area contributed by atoms with Gasteiger partial charge in [-0.15, -0.1) is 0 Å². The molecule has 16 heavy (non-hydrogen) atoms. The van der Waals surface area contributed by atoms with Gasteiger partial charge in [0.2, 0.25) is 0 Å². The van der Waals surface area contributed by atoms with Crippen molar-refractivity contribution in [1.82, 2.24) is 9.61 Å². The standard InChI is InChI=1S/C11H11ClN2O2/c1-3-16-11(15)8-6-14-10(7(8)2)9(12)4-5-13-14/h4-6H,3H2,1-2H3. The first-order valence-corrected chi connectivity index (χ1v) is 5.32. The van der Waals surface area contributed by atoms with Crippen LogP contribution in [0.4, 0.5) is 0 Å². The third-order valence-corrected chi connectivity index (χ3v) is 2.68. The first-order valence-electron chi connectivity index (χ1n) is 4.94. The lowest BCUT2D eigenvalue weighted by Gasteiger charge is -1.99. The van der Waals surface area contributed by atoms with E-state index in [1.54, 1.807) is 29.9 Å². The average Bonchev–Trinajstić information content (AvgIpc) is 2.58. The number of rotatable bonds is 2. The topological polar surface area (TPSA) is 43.6 Å². The van der Waals surface area contributed by atoms with Gasteiger partial charge in [0, 0.05) is 12.4 Å². The second-order valence-electron chi connectivity index (χ2n) is 3.36. The molecule has 4 nitrogen and oxygen atoms in total. The fourth-order valence-corrected chi connectivity index (χ4v) is 1.91. The van der Waals surface area contributed by atoms with Crippen molar-refractivity contribution in [1.29, 1.82) is 0 Å². The van der Waals surface area contributed by atoms with Crippen LogP contribution < -0.4 is 0 Å². The molecule has 0 radical (unpaired) electrons. The van der Waals surface area contributed by atoms with Crippen molar-refractivity contribution < 1.29 is 9.53 Å². The van der Waals surface area contributed by atoms with Gasteiger partial charge in [-0.05, 0) is 25.5 Å². The van der Waals surface area contributed by atoms with Gasteiger partial charge in [-0.1, -0.05) is 11.6 Å². The molecule has 0 aliphatic rings. The minimum absolute atomic E-state index is 0.346. The van der Waals surface area contributed by atoms with E-state index in [-0.39, 0.29) is 5.97 Å². The molecule has 0 N–H and O–H groups in total. The zero-order valence-electron chi connectivity index (χ0n) is 9.03. The van der Waals surface area contributed by atoms with Crippen LogP contribution >= 0.6 is 11.6 Å². The van der Waals surface area contributed by atoms with Crippen LogP contribution in [0.1, 0.15) is 22.8 Å². The first-order chi connectivity index (χ1) is 7.65. The van der Waals surface area contributed by atoms with Crippen molar-refractivity contribution >= 4 is 23.1 Å². The van der Waals surface area contributed by atoms with Gasteiger partial charge in [0.05, 0.1) is 22.7 Å². The molecular weight excluding hydrogens is 228 g/mol. The number of esters is 1. The third-order valence-electron chi connectivity index (χ3n) is 2.37. The third kappa shape index (κ3) is 1.65. The molecule has 0 unspecified atom stereocenters. The summed E-state index contributed by atoms with van der Waals surface area (Å²) in [5.41, 5.74) is 2.03. The average molecular weight is 239 g/mol. The zero-order valence-corrected chi connectivity index (χ0v) is 9.78. The fraction of sp³-hybridized carbons (Fsp3) is 0.273. The molecule has 0 amide bonds. The number of carbonyl (C=O) groups is 1. The summed E-state index contributed by atoms with van der Waals surface area (Å²) >= 11 is 6.04. The number of ether oxygens (including phenoxy) is 1. The fourth-order valence-electron chi connectivity index (χ4n) is 1.63. The highest BCUT2D eigenvalue weighted by atomic mass is 35.5. The van der Waals surface area contributed by atoms with E-state index < -0.39 is 0 Å². The highest BCUT2D eigenvalue weighted by molar-refractivity contribution is 6.34. The van der Waals surface area contributed by atoms with Crippen LogP contribution in [-0.2, 0) is 4.74 Å². The summed E-state index contributed by atoms with van der Waals surface area (Å²) in [6, 6.07) is 1.69. The number of fused-ring (bicyclic) bond motifs is 1. The lowest BCUT2D eigenvalue weighted by Crippen LogP contribution is -2.04. The quantitative estimate of drug-likeness (QED) is 0.755. The number of carbonyl (C=O) groups excluding carboxylic acids is 1. The predicted octanol–water partition coefficient (Wildman–Crippen LogP) is 2.47. The van der Waals surface area contributed by atoms with Crippen molar-refractivity contribution in [2.75, 3.05) is 6.61 Å². The van der Waals surface area contributed by atoms with Gasteiger partial charge in [-0.2, -0.15) is 5.10 Å². The summed E-state index contributed by atoms with van der Waals surface area (Å²) in [6.45, 7) is 3.95. The van der Waals surface area contributed by atoms with Gasteiger partial charge < -0.3 is 4.74 Å². The monoisotopic (exact) mass is 238 g/mol. The summed E-state index contributed by atoms with van der Waals surface area (Å²) in [5.74, 6) is -0.346. The molecule has 0 spiro atoms. The molecule has 84 valence electrons. The number of nitrogens with zero attached hydrogens (tertiary/aromatic N) is 2. The van der Waals surface area contributed by atoms with E-state index in [1.165, 1.54) is 0 Å². The maximum Gasteiger partial charge on any atom is 0.340 e. The molecule has 5 heteroatoms. The molecule has 2 heterocycles. The molecule has 2 aromatic rings. The van der Waals surface area contributed by atoms with Gasteiger partial charge in [-0.25, -0.2) is 9.31 Å². The highest BCUT2D eigenvalue weighted by Gasteiger charge is 2.16. The van der Waals surface area contributed by atoms with E-state index in [0.29, 0.717) is 17.2 Å². The number of halogens is 1. The lowest BCUT2D eigenvalue weighted by atomic mass is 10.2. The molecule has 0 saturated carbocycles. The van der Waals surface area contributed by atoms with E-state index in [0.717, 1.165) is 11.1 Å². The molecular formula is C11H11ClN2O2. The Kier molecular flexibility index (Phi) is 2.83. The van der Waals surface area contributed by atoms with Crippen LogP contribution in [-0.4, -0.2) is 22.2 Å². The summed E-state index contributed by atoms with van der Waals surface area (Å²) in [6.07, 6.45) is 3.22. The predicted molar refractivity (Wildman–Crippen MR) is 60.9 cm³/mol. The Labute approximate surface area is 97.8 Å². The van der Waals surface area contributed by atoms with Crippen LogP contribution in [0.25, 0.3) is 5.52 Å². The largest absolute Gasteiger partial charge is 0.462 e. The molecule has 0 fully saturated rings. The Morgan fingerprint density at radius 3 is 3.00 bits per heavy atom. The number of aromatic nitrogens is 2. The normalized spacial score (nSPS) is 10.7. The van der Waals surface area contributed by atoms with Gasteiger partial charge in [-0.3, -0.25) is 0 Å². The molecule has 0 aliphatic carbocycles. The summed E-state index contributed by atoms with van der Waals surface area (Å²) in [5, 5.41) is 4.66. The van der Waals surface area contributed by atoms with Crippen molar-refractivity contribution in [3.63, 3.8) is 0 Å². The first kappa shape index (κ1) is 11.0. The van der Waals surface area contributed by atoms with Crippen LogP contribution in [0.5, 0.6) is 0 Å². The lowest BCUT2D eigenvalue weighted by molar-refractivity contribution is 0.0525.